The summed E-state index contributed by atoms with van der Waals surface area (Å²) in [7, 11) is 2.74. The molecule has 0 unspecified atom stereocenters. The summed E-state index contributed by atoms with van der Waals surface area (Å²) in [5.41, 5.74) is 1.06. The van der Waals surface area contributed by atoms with Crippen LogP contribution < -0.4 is 14.8 Å². The lowest BCUT2D eigenvalue weighted by atomic mass is 10.1. The molecule has 3 rings (SSSR count). The summed E-state index contributed by atoms with van der Waals surface area (Å²) < 4.78 is 21.9. The van der Waals surface area contributed by atoms with Gasteiger partial charge in [-0.2, -0.15) is 5.26 Å². The van der Waals surface area contributed by atoms with E-state index in [1.165, 1.54) is 26.4 Å². The normalized spacial score (nSPS) is 10.8. The summed E-state index contributed by atoms with van der Waals surface area (Å²) in [6.45, 7) is 0.0566. The first-order valence-electron chi connectivity index (χ1n) is 9.60. The van der Waals surface area contributed by atoms with Gasteiger partial charge in [0.05, 0.1) is 14.2 Å². The van der Waals surface area contributed by atoms with E-state index in [1.54, 1.807) is 42.5 Å². The van der Waals surface area contributed by atoms with Gasteiger partial charge in [-0.15, -0.1) is 0 Å². The van der Waals surface area contributed by atoms with Gasteiger partial charge in [-0.25, -0.2) is 4.79 Å². The van der Waals surface area contributed by atoms with Crippen molar-refractivity contribution in [3.05, 3.63) is 81.7 Å². The number of ether oxygens (including phenoxy) is 3. The van der Waals surface area contributed by atoms with E-state index >= 15 is 0 Å². The van der Waals surface area contributed by atoms with Gasteiger partial charge in [-0.1, -0.05) is 28.1 Å². The number of nitriles is 1. The van der Waals surface area contributed by atoms with Crippen molar-refractivity contribution in [3.63, 3.8) is 0 Å². The topological polar surface area (TPSA) is 111 Å². The molecule has 2 aromatic carbocycles. The minimum absolute atomic E-state index is 0.0566. The summed E-state index contributed by atoms with van der Waals surface area (Å²) in [5, 5.41) is 12.1. The smallest absolute Gasteiger partial charge is 0.373 e. The number of amides is 1. The number of nitrogens with one attached hydrogen (secondary N) is 1. The van der Waals surface area contributed by atoms with Gasteiger partial charge < -0.3 is 23.9 Å². The first-order valence-corrected chi connectivity index (χ1v) is 10.4. The SMILES string of the molecule is COC(=O)c1ccc(COc2ccc(C=C(C#N)C(=O)Nc3cccc(Br)c3)cc2OC)o1. The number of esters is 1. The van der Waals surface area contributed by atoms with Crippen LogP contribution in [0.5, 0.6) is 11.5 Å². The highest BCUT2D eigenvalue weighted by Crippen LogP contribution is 2.30. The first-order chi connectivity index (χ1) is 15.9. The van der Waals surface area contributed by atoms with Crippen LogP contribution in [0.2, 0.25) is 0 Å². The van der Waals surface area contributed by atoms with E-state index in [0.717, 1.165) is 4.47 Å². The van der Waals surface area contributed by atoms with Crippen molar-refractivity contribution in [3.8, 4) is 17.6 Å². The number of hydrogen-bond donors (Lipinski definition) is 1. The van der Waals surface area contributed by atoms with E-state index in [-0.39, 0.29) is 17.9 Å². The van der Waals surface area contributed by atoms with Crippen LogP contribution in [0.1, 0.15) is 21.9 Å². The molecule has 0 spiro atoms. The molecule has 1 amide bonds. The van der Waals surface area contributed by atoms with Crippen molar-refractivity contribution in [2.75, 3.05) is 19.5 Å². The molecule has 8 nitrogen and oxygen atoms in total. The van der Waals surface area contributed by atoms with Crippen LogP contribution in [0.15, 0.2) is 69.1 Å². The molecule has 0 saturated heterocycles. The molecule has 0 saturated carbocycles. The molecule has 33 heavy (non-hydrogen) atoms. The molecule has 3 aromatic rings. The molecule has 0 radical (unpaired) electrons. The van der Waals surface area contributed by atoms with Crippen molar-refractivity contribution >= 4 is 39.6 Å². The Balaban J connectivity index is 1.72. The van der Waals surface area contributed by atoms with Gasteiger partial charge in [-0.3, -0.25) is 4.79 Å². The summed E-state index contributed by atoms with van der Waals surface area (Å²) in [5.74, 6) is 0.211. The largest absolute Gasteiger partial charge is 0.493 e. The molecule has 1 heterocycles. The van der Waals surface area contributed by atoms with E-state index in [4.69, 9.17) is 13.9 Å². The number of methoxy groups -OCH3 is 2. The van der Waals surface area contributed by atoms with Crippen LogP contribution in [0, 0.1) is 11.3 Å². The lowest BCUT2D eigenvalue weighted by molar-refractivity contribution is -0.112. The molecule has 1 N–H and O–H groups in total. The molecule has 1 aromatic heterocycles. The monoisotopic (exact) mass is 510 g/mol. The Kier molecular flexibility index (Phi) is 7.89. The van der Waals surface area contributed by atoms with Gasteiger partial charge in [0.15, 0.2) is 11.5 Å². The fourth-order valence-electron chi connectivity index (χ4n) is 2.79. The maximum Gasteiger partial charge on any atom is 0.373 e. The fourth-order valence-corrected chi connectivity index (χ4v) is 3.19. The molecule has 0 bridgehead atoms. The Bertz CT molecular complexity index is 1240. The quantitative estimate of drug-likeness (QED) is 0.259. The van der Waals surface area contributed by atoms with E-state index in [9.17, 15) is 14.9 Å². The highest BCUT2D eigenvalue weighted by molar-refractivity contribution is 9.10. The van der Waals surface area contributed by atoms with E-state index in [2.05, 4.69) is 26.0 Å². The molecule has 0 aliphatic rings. The number of hydrogen-bond acceptors (Lipinski definition) is 7. The van der Waals surface area contributed by atoms with Crippen LogP contribution in [-0.2, 0) is 16.1 Å². The lowest BCUT2D eigenvalue weighted by Crippen LogP contribution is -2.13. The zero-order valence-electron chi connectivity index (χ0n) is 17.8. The second-order valence-corrected chi connectivity index (χ2v) is 7.51. The molecular weight excluding hydrogens is 492 g/mol. The number of carbonyl (C=O) groups excluding carboxylic acids is 2. The summed E-state index contributed by atoms with van der Waals surface area (Å²) in [6, 6.07) is 17.1. The van der Waals surface area contributed by atoms with E-state index in [1.807, 2.05) is 12.1 Å². The number of nitrogens with zero attached hydrogens (tertiary/aromatic N) is 1. The van der Waals surface area contributed by atoms with Gasteiger partial charge in [0.25, 0.3) is 5.91 Å². The number of anilines is 1. The lowest BCUT2D eigenvalue weighted by Gasteiger charge is -2.11. The second-order valence-electron chi connectivity index (χ2n) is 6.59. The number of rotatable bonds is 8. The van der Waals surface area contributed by atoms with E-state index < -0.39 is 11.9 Å². The average molecular weight is 511 g/mol. The third-order valence-corrected chi connectivity index (χ3v) is 4.86. The van der Waals surface area contributed by atoms with Gasteiger partial charge in [0, 0.05) is 10.2 Å². The number of benzene rings is 2. The third-order valence-electron chi connectivity index (χ3n) is 4.36. The van der Waals surface area contributed by atoms with Crippen molar-refractivity contribution in [2.45, 2.75) is 6.61 Å². The predicted octanol–water partition coefficient (Wildman–Crippen LogP) is 4.96. The molecule has 9 heteroatoms. The minimum atomic E-state index is -0.577. The fraction of sp³-hybridized carbons (Fsp3) is 0.125. The van der Waals surface area contributed by atoms with Crippen molar-refractivity contribution in [2.24, 2.45) is 0 Å². The Hall–Kier alpha value is -4.03. The first kappa shape index (κ1) is 23.6. The summed E-state index contributed by atoms with van der Waals surface area (Å²) >= 11 is 3.34. The molecule has 0 aliphatic heterocycles. The number of furan rings is 1. The van der Waals surface area contributed by atoms with Crippen molar-refractivity contribution in [1.82, 2.24) is 0 Å². The third kappa shape index (κ3) is 6.24. The maximum atomic E-state index is 12.5. The Labute approximate surface area is 198 Å². The van der Waals surface area contributed by atoms with Crippen LogP contribution in [0.3, 0.4) is 0 Å². The van der Waals surface area contributed by atoms with Gasteiger partial charge in [0.2, 0.25) is 5.76 Å². The highest BCUT2D eigenvalue weighted by atomic mass is 79.9. The van der Waals surface area contributed by atoms with Crippen LogP contribution in [0.25, 0.3) is 6.08 Å². The van der Waals surface area contributed by atoms with Gasteiger partial charge >= 0.3 is 5.97 Å². The average Bonchev–Trinajstić information content (AvgIpc) is 3.30. The Morgan fingerprint density at radius 3 is 2.64 bits per heavy atom. The summed E-state index contributed by atoms with van der Waals surface area (Å²) in [6.07, 6.45) is 1.45. The zero-order valence-corrected chi connectivity index (χ0v) is 19.3. The minimum Gasteiger partial charge on any atom is -0.493 e. The van der Waals surface area contributed by atoms with Crippen LogP contribution in [-0.4, -0.2) is 26.1 Å². The maximum absolute atomic E-state index is 12.5. The molecule has 168 valence electrons. The van der Waals surface area contributed by atoms with Crippen LogP contribution in [0.4, 0.5) is 5.69 Å². The molecular formula is C24H19BrN2O6. The zero-order chi connectivity index (χ0) is 23.8. The molecule has 0 atom stereocenters. The summed E-state index contributed by atoms with van der Waals surface area (Å²) in [4.78, 5) is 24.0. The van der Waals surface area contributed by atoms with Crippen molar-refractivity contribution in [1.29, 1.82) is 5.26 Å². The van der Waals surface area contributed by atoms with Gasteiger partial charge in [-0.05, 0) is 54.1 Å². The number of carbonyl (C=O) groups is 2. The second kappa shape index (κ2) is 11.0. The standard InChI is InChI=1S/C24H19BrN2O6/c1-30-22-11-15(10-16(13-26)23(28)27-18-5-3-4-17(25)12-18)6-8-20(22)32-14-19-7-9-21(33-19)24(29)31-2/h3-12H,14H2,1-2H3,(H,27,28). The van der Waals surface area contributed by atoms with E-state index in [0.29, 0.717) is 28.5 Å². The van der Waals surface area contributed by atoms with Crippen molar-refractivity contribution < 1.29 is 28.2 Å². The Morgan fingerprint density at radius 2 is 1.94 bits per heavy atom. The molecule has 0 aliphatic carbocycles. The number of halogens is 1. The molecule has 0 fully saturated rings. The Morgan fingerprint density at radius 1 is 1.12 bits per heavy atom. The van der Waals surface area contributed by atoms with Crippen LogP contribution >= 0.6 is 15.9 Å². The highest BCUT2D eigenvalue weighted by Gasteiger charge is 2.14. The van der Waals surface area contributed by atoms with Gasteiger partial charge in [0.1, 0.15) is 24.0 Å². The predicted molar refractivity (Wildman–Crippen MR) is 124 cm³/mol.